The van der Waals surface area contributed by atoms with E-state index in [0.717, 1.165) is 47.7 Å². The summed E-state index contributed by atoms with van der Waals surface area (Å²) in [5.41, 5.74) is 2.09. The summed E-state index contributed by atoms with van der Waals surface area (Å²) >= 11 is 0. The highest BCUT2D eigenvalue weighted by atomic mass is 16.6. The van der Waals surface area contributed by atoms with Crippen molar-refractivity contribution in [2.75, 3.05) is 24.7 Å². The molecule has 0 spiro atoms. The topological polar surface area (TPSA) is 65.3 Å². The lowest BCUT2D eigenvalue weighted by Gasteiger charge is -2.27. The van der Waals surface area contributed by atoms with Gasteiger partial charge >= 0.3 is 0 Å². The minimum absolute atomic E-state index is 0.272. The number of nitrogens with zero attached hydrogens (tertiary/aromatic N) is 5. The van der Waals surface area contributed by atoms with Gasteiger partial charge in [0.15, 0.2) is 17.1 Å². The lowest BCUT2D eigenvalue weighted by Crippen LogP contribution is -2.24. The van der Waals surface area contributed by atoms with Crippen molar-refractivity contribution < 1.29 is 9.47 Å². The van der Waals surface area contributed by atoms with Crippen LogP contribution in [0.2, 0.25) is 0 Å². The molecule has 7 heteroatoms. The third-order valence-electron chi connectivity index (χ3n) is 4.98. The summed E-state index contributed by atoms with van der Waals surface area (Å²) in [6.45, 7) is 2.19. The van der Waals surface area contributed by atoms with Gasteiger partial charge in [-0.05, 0) is 30.5 Å². The fraction of sp³-hybridized carbons (Fsp3) is 0.389. The van der Waals surface area contributed by atoms with E-state index in [4.69, 9.17) is 9.47 Å². The molecule has 0 bridgehead atoms. The first-order valence-corrected chi connectivity index (χ1v) is 8.60. The number of anilines is 1. The Morgan fingerprint density at radius 1 is 1.12 bits per heavy atom. The van der Waals surface area contributed by atoms with Gasteiger partial charge in [0.2, 0.25) is 0 Å². The van der Waals surface area contributed by atoms with Gasteiger partial charge in [0.1, 0.15) is 25.4 Å². The Morgan fingerprint density at radius 2 is 2.00 bits per heavy atom. The standard InChI is InChI=1S/C18H19N5O2/c1-22-17-13(10-21-22)18(20-11-19-17)23-6-2-3-14(23)12-4-5-15-16(9-12)25-8-7-24-15/h4-5,9-11,14H,2-3,6-8H2,1H3. The van der Waals surface area contributed by atoms with E-state index in [9.17, 15) is 0 Å². The van der Waals surface area contributed by atoms with Gasteiger partial charge in [-0.2, -0.15) is 5.10 Å². The average Bonchev–Trinajstić information content (AvgIpc) is 3.28. The number of aromatic nitrogens is 4. The summed E-state index contributed by atoms with van der Waals surface area (Å²) in [4.78, 5) is 11.3. The molecule has 1 fully saturated rings. The highest BCUT2D eigenvalue weighted by Crippen LogP contribution is 2.40. The molecular formula is C18H19N5O2. The Bertz CT molecular complexity index is 938. The zero-order valence-corrected chi connectivity index (χ0v) is 14.1. The van der Waals surface area contributed by atoms with Crippen molar-refractivity contribution in [1.29, 1.82) is 0 Å². The van der Waals surface area contributed by atoms with Crippen LogP contribution in [0.25, 0.3) is 11.0 Å². The van der Waals surface area contributed by atoms with Gasteiger partial charge < -0.3 is 14.4 Å². The summed E-state index contributed by atoms with van der Waals surface area (Å²) in [5.74, 6) is 2.62. The van der Waals surface area contributed by atoms with Crippen LogP contribution in [0.3, 0.4) is 0 Å². The fourth-order valence-corrected chi connectivity index (χ4v) is 3.81. The van der Waals surface area contributed by atoms with Crippen LogP contribution in [-0.4, -0.2) is 39.5 Å². The second-order valence-corrected chi connectivity index (χ2v) is 6.46. The Hall–Kier alpha value is -2.83. The van der Waals surface area contributed by atoms with Gasteiger partial charge in [-0.3, -0.25) is 4.68 Å². The predicted molar refractivity (Wildman–Crippen MR) is 93.1 cm³/mol. The maximum atomic E-state index is 5.76. The number of hydrogen-bond acceptors (Lipinski definition) is 6. The second kappa shape index (κ2) is 5.61. The van der Waals surface area contributed by atoms with Gasteiger partial charge in [-0.15, -0.1) is 0 Å². The second-order valence-electron chi connectivity index (χ2n) is 6.46. The number of aryl methyl sites for hydroxylation is 1. The number of hydrogen-bond donors (Lipinski definition) is 0. The quantitative estimate of drug-likeness (QED) is 0.716. The van der Waals surface area contributed by atoms with Crippen molar-refractivity contribution in [3.05, 3.63) is 36.3 Å². The first-order valence-electron chi connectivity index (χ1n) is 8.60. The van der Waals surface area contributed by atoms with Crippen molar-refractivity contribution in [3.8, 4) is 11.5 Å². The minimum Gasteiger partial charge on any atom is -0.486 e. The van der Waals surface area contributed by atoms with E-state index in [1.54, 1.807) is 11.0 Å². The van der Waals surface area contributed by atoms with E-state index in [2.05, 4.69) is 32.1 Å². The number of benzene rings is 1. The maximum absolute atomic E-state index is 5.76. The monoisotopic (exact) mass is 337 g/mol. The van der Waals surface area contributed by atoms with Gasteiger partial charge in [-0.25, -0.2) is 9.97 Å². The van der Waals surface area contributed by atoms with Crippen molar-refractivity contribution in [2.45, 2.75) is 18.9 Å². The third kappa shape index (κ3) is 2.30. The Kier molecular flexibility index (Phi) is 3.26. The Morgan fingerprint density at radius 3 is 2.92 bits per heavy atom. The molecule has 1 aromatic carbocycles. The lowest BCUT2D eigenvalue weighted by atomic mass is 10.0. The summed E-state index contributed by atoms with van der Waals surface area (Å²) in [6, 6.07) is 6.53. The molecule has 5 rings (SSSR count). The van der Waals surface area contributed by atoms with Gasteiger partial charge in [0, 0.05) is 13.6 Å². The lowest BCUT2D eigenvalue weighted by molar-refractivity contribution is 0.171. The molecule has 7 nitrogen and oxygen atoms in total. The van der Waals surface area contributed by atoms with Crippen LogP contribution in [0.15, 0.2) is 30.7 Å². The normalized spacial score (nSPS) is 19.6. The van der Waals surface area contributed by atoms with Crippen molar-refractivity contribution in [3.63, 3.8) is 0 Å². The first-order chi connectivity index (χ1) is 12.3. The molecule has 3 aromatic rings. The summed E-state index contributed by atoms with van der Waals surface area (Å²) in [6.07, 6.45) is 5.69. The zero-order valence-electron chi connectivity index (χ0n) is 14.1. The average molecular weight is 337 g/mol. The molecular weight excluding hydrogens is 318 g/mol. The molecule has 2 aliphatic heterocycles. The number of ether oxygens (including phenoxy) is 2. The molecule has 0 saturated carbocycles. The van der Waals surface area contributed by atoms with Crippen LogP contribution in [-0.2, 0) is 7.05 Å². The van der Waals surface area contributed by atoms with Gasteiger partial charge in [-0.1, -0.05) is 6.07 Å². The molecule has 1 unspecified atom stereocenters. The molecule has 25 heavy (non-hydrogen) atoms. The zero-order chi connectivity index (χ0) is 16.8. The molecule has 128 valence electrons. The van der Waals surface area contributed by atoms with Crippen LogP contribution in [0, 0.1) is 0 Å². The fourth-order valence-electron chi connectivity index (χ4n) is 3.81. The molecule has 0 aliphatic carbocycles. The van der Waals surface area contributed by atoms with Crippen molar-refractivity contribution in [2.24, 2.45) is 7.05 Å². The van der Waals surface area contributed by atoms with E-state index in [1.807, 2.05) is 19.3 Å². The SMILES string of the molecule is Cn1ncc2c(N3CCCC3c3ccc4c(c3)OCCO4)ncnc21. The van der Waals surface area contributed by atoms with Crippen LogP contribution >= 0.6 is 0 Å². The molecule has 4 heterocycles. The van der Waals surface area contributed by atoms with E-state index < -0.39 is 0 Å². The van der Waals surface area contributed by atoms with E-state index in [1.165, 1.54) is 5.56 Å². The van der Waals surface area contributed by atoms with Crippen LogP contribution in [0.1, 0.15) is 24.4 Å². The largest absolute Gasteiger partial charge is 0.486 e. The van der Waals surface area contributed by atoms with Crippen molar-refractivity contribution in [1.82, 2.24) is 19.7 Å². The molecule has 0 N–H and O–H groups in total. The molecule has 1 atom stereocenters. The molecule has 2 aromatic heterocycles. The minimum atomic E-state index is 0.272. The number of rotatable bonds is 2. The van der Waals surface area contributed by atoms with E-state index in [-0.39, 0.29) is 6.04 Å². The highest BCUT2D eigenvalue weighted by Gasteiger charge is 2.30. The summed E-state index contributed by atoms with van der Waals surface area (Å²) < 4.78 is 13.2. The summed E-state index contributed by atoms with van der Waals surface area (Å²) in [5, 5.41) is 5.33. The smallest absolute Gasteiger partial charge is 0.163 e. The maximum Gasteiger partial charge on any atom is 0.163 e. The molecule has 1 saturated heterocycles. The molecule has 0 radical (unpaired) electrons. The van der Waals surface area contributed by atoms with Crippen LogP contribution in [0.4, 0.5) is 5.82 Å². The van der Waals surface area contributed by atoms with Crippen molar-refractivity contribution >= 4 is 16.9 Å². The Labute approximate surface area is 145 Å². The molecule has 0 amide bonds. The Balaban J connectivity index is 1.55. The highest BCUT2D eigenvalue weighted by molar-refractivity contribution is 5.87. The van der Waals surface area contributed by atoms with Gasteiger partial charge in [0.05, 0.1) is 17.6 Å². The van der Waals surface area contributed by atoms with Crippen LogP contribution < -0.4 is 14.4 Å². The third-order valence-corrected chi connectivity index (χ3v) is 4.98. The predicted octanol–water partition coefficient (Wildman–Crippen LogP) is 2.48. The van der Waals surface area contributed by atoms with E-state index in [0.29, 0.717) is 13.2 Å². The molecule has 2 aliphatic rings. The van der Waals surface area contributed by atoms with E-state index >= 15 is 0 Å². The summed E-state index contributed by atoms with van der Waals surface area (Å²) in [7, 11) is 1.90. The van der Waals surface area contributed by atoms with Gasteiger partial charge in [0.25, 0.3) is 0 Å². The number of fused-ring (bicyclic) bond motifs is 2. The first kappa shape index (κ1) is 14.5. The van der Waals surface area contributed by atoms with Crippen LogP contribution in [0.5, 0.6) is 11.5 Å².